The lowest BCUT2D eigenvalue weighted by Gasteiger charge is -2.20. The second kappa shape index (κ2) is 8.06. The number of rotatable bonds is 6. The molecule has 0 radical (unpaired) electrons. The van der Waals surface area contributed by atoms with Crippen molar-refractivity contribution in [3.8, 4) is 11.5 Å². The maximum atomic E-state index is 12.2. The maximum Gasteiger partial charge on any atom is 0.261 e. The van der Waals surface area contributed by atoms with Crippen LogP contribution in [0.15, 0.2) is 48.5 Å². The molecule has 0 aliphatic heterocycles. The van der Waals surface area contributed by atoms with Gasteiger partial charge in [0.2, 0.25) is 0 Å². The van der Waals surface area contributed by atoms with E-state index in [2.05, 4.69) is 26.1 Å². The van der Waals surface area contributed by atoms with Crippen molar-refractivity contribution in [3.05, 3.63) is 59.7 Å². The van der Waals surface area contributed by atoms with Crippen molar-refractivity contribution in [2.75, 3.05) is 7.11 Å². The van der Waals surface area contributed by atoms with E-state index in [1.807, 2.05) is 48.5 Å². The van der Waals surface area contributed by atoms with Gasteiger partial charge in [0, 0.05) is 6.54 Å². The molecule has 0 bridgehead atoms. The average molecular weight is 341 g/mol. The van der Waals surface area contributed by atoms with Gasteiger partial charge >= 0.3 is 0 Å². The fourth-order valence-electron chi connectivity index (χ4n) is 2.41. The van der Waals surface area contributed by atoms with E-state index in [1.54, 1.807) is 14.0 Å². The summed E-state index contributed by atoms with van der Waals surface area (Å²) in [5.41, 5.74) is 2.31. The van der Waals surface area contributed by atoms with Crippen LogP contribution in [-0.2, 0) is 16.8 Å². The highest BCUT2D eigenvalue weighted by atomic mass is 16.5. The molecule has 2 aromatic rings. The van der Waals surface area contributed by atoms with Gasteiger partial charge in [0.1, 0.15) is 11.5 Å². The zero-order valence-corrected chi connectivity index (χ0v) is 15.6. The Morgan fingerprint density at radius 2 is 1.76 bits per heavy atom. The number of hydrogen-bond acceptors (Lipinski definition) is 3. The summed E-state index contributed by atoms with van der Waals surface area (Å²) >= 11 is 0. The van der Waals surface area contributed by atoms with Gasteiger partial charge in [-0.3, -0.25) is 4.79 Å². The third-order valence-corrected chi connectivity index (χ3v) is 4.00. The number of hydrogen-bond donors (Lipinski definition) is 1. The molecule has 0 heterocycles. The molecule has 4 heteroatoms. The highest BCUT2D eigenvalue weighted by Crippen LogP contribution is 2.24. The second-order valence-corrected chi connectivity index (χ2v) is 7.10. The third kappa shape index (κ3) is 5.52. The van der Waals surface area contributed by atoms with Gasteiger partial charge in [-0.25, -0.2) is 0 Å². The molecule has 0 fully saturated rings. The molecule has 0 aliphatic carbocycles. The summed E-state index contributed by atoms with van der Waals surface area (Å²) in [7, 11) is 1.62. The molecule has 0 spiro atoms. The van der Waals surface area contributed by atoms with Crippen LogP contribution in [0.3, 0.4) is 0 Å². The summed E-state index contributed by atoms with van der Waals surface area (Å²) in [6, 6.07) is 15.5. The highest BCUT2D eigenvalue weighted by Gasteiger charge is 2.16. The Labute approximate surface area is 150 Å². The summed E-state index contributed by atoms with van der Waals surface area (Å²) in [6.45, 7) is 8.68. The minimum atomic E-state index is -0.564. The standard InChI is InChI=1S/C21H27NO3/c1-15(25-18-11-9-17(10-12-18)21(2,3)4)20(23)22-14-16-7-6-8-19(13-16)24-5/h6-13,15H,14H2,1-5H3,(H,22,23). The fraction of sp³-hybridized carbons (Fsp3) is 0.381. The van der Waals surface area contributed by atoms with E-state index in [9.17, 15) is 4.79 Å². The van der Waals surface area contributed by atoms with Gasteiger partial charge in [-0.05, 0) is 47.7 Å². The van der Waals surface area contributed by atoms with E-state index < -0.39 is 6.10 Å². The Morgan fingerprint density at radius 1 is 1.08 bits per heavy atom. The molecule has 1 atom stereocenters. The Kier molecular flexibility index (Phi) is 6.07. The first kappa shape index (κ1) is 18.8. The van der Waals surface area contributed by atoms with Crippen LogP contribution in [0.5, 0.6) is 11.5 Å². The van der Waals surface area contributed by atoms with Crippen LogP contribution in [0.25, 0.3) is 0 Å². The van der Waals surface area contributed by atoms with Gasteiger partial charge < -0.3 is 14.8 Å². The lowest BCUT2D eigenvalue weighted by atomic mass is 9.87. The van der Waals surface area contributed by atoms with Crippen LogP contribution in [0, 0.1) is 0 Å². The third-order valence-electron chi connectivity index (χ3n) is 4.00. The first-order valence-corrected chi connectivity index (χ1v) is 8.47. The molecule has 134 valence electrons. The van der Waals surface area contributed by atoms with Crippen LogP contribution in [0.2, 0.25) is 0 Å². The van der Waals surface area contributed by atoms with Gasteiger partial charge in [-0.15, -0.1) is 0 Å². The van der Waals surface area contributed by atoms with E-state index in [4.69, 9.17) is 9.47 Å². The molecule has 0 saturated heterocycles. The molecule has 2 aromatic carbocycles. The molecule has 2 rings (SSSR count). The SMILES string of the molecule is COc1cccc(CNC(=O)C(C)Oc2ccc(C(C)(C)C)cc2)c1. The van der Waals surface area contributed by atoms with E-state index in [1.165, 1.54) is 5.56 Å². The molecular weight excluding hydrogens is 314 g/mol. The average Bonchev–Trinajstić information content (AvgIpc) is 2.59. The van der Waals surface area contributed by atoms with Gasteiger partial charge in [0.15, 0.2) is 6.10 Å². The van der Waals surface area contributed by atoms with Gasteiger partial charge in [-0.1, -0.05) is 45.0 Å². The van der Waals surface area contributed by atoms with Crippen molar-refractivity contribution >= 4 is 5.91 Å². The van der Waals surface area contributed by atoms with Crippen LogP contribution in [0.4, 0.5) is 0 Å². The van der Waals surface area contributed by atoms with E-state index in [0.29, 0.717) is 12.3 Å². The van der Waals surface area contributed by atoms with E-state index in [0.717, 1.165) is 11.3 Å². The quantitative estimate of drug-likeness (QED) is 0.861. The molecule has 25 heavy (non-hydrogen) atoms. The van der Waals surface area contributed by atoms with Gasteiger partial charge in [0.05, 0.1) is 7.11 Å². The molecular formula is C21H27NO3. The minimum Gasteiger partial charge on any atom is -0.497 e. The first-order chi connectivity index (χ1) is 11.8. The van der Waals surface area contributed by atoms with Crippen molar-refractivity contribution in [2.45, 2.75) is 45.8 Å². The van der Waals surface area contributed by atoms with Crippen molar-refractivity contribution in [1.82, 2.24) is 5.32 Å². The lowest BCUT2D eigenvalue weighted by molar-refractivity contribution is -0.127. The number of nitrogens with one attached hydrogen (secondary N) is 1. The van der Waals surface area contributed by atoms with Crippen molar-refractivity contribution in [2.24, 2.45) is 0 Å². The van der Waals surface area contributed by atoms with E-state index >= 15 is 0 Å². The summed E-state index contributed by atoms with van der Waals surface area (Å²) in [5, 5.41) is 2.89. The van der Waals surface area contributed by atoms with Crippen molar-refractivity contribution < 1.29 is 14.3 Å². The molecule has 0 aliphatic rings. The topological polar surface area (TPSA) is 47.6 Å². The first-order valence-electron chi connectivity index (χ1n) is 8.47. The predicted octanol–water partition coefficient (Wildman–Crippen LogP) is 4.08. The summed E-state index contributed by atoms with van der Waals surface area (Å²) in [6.07, 6.45) is -0.564. The number of ether oxygens (including phenoxy) is 2. The smallest absolute Gasteiger partial charge is 0.261 e. The normalized spacial score (nSPS) is 12.4. The fourth-order valence-corrected chi connectivity index (χ4v) is 2.41. The number of carbonyl (C=O) groups is 1. The van der Waals surface area contributed by atoms with Crippen LogP contribution < -0.4 is 14.8 Å². The Bertz CT molecular complexity index is 702. The zero-order chi connectivity index (χ0) is 18.4. The Hall–Kier alpha value is -2.49. The summed E-state index contributed by atoms with van der Waals surface area (Å²) < 4.78 is 10.9. The second-order valence-electron chi connectivity index (χ2n) is 7.10. The number of benzene rings is 2. The van der Waals surface area contributed by atoms with Crippen LogP contribution in [-0.4, -0.2) is 19.1 Å². The number of methoxy groups -OCH3 is 1. The minimum absolute atomic E-state index is 0.0955. The Balaban J connectivity index is 1.89. The number of carbonyl (C=O) groups excluding carboxylic acids is 1. The van der Waals surface area contributed by atoms with E-state index in [-0.39, 0.29) is 11.3 Å². The lowest BCUT2D eigenvalue weighted by Crippen LogP contribution is -2.35. The molecule has 0 aromatic heterocycles. The van der Waals surface area contributed by atoms with Crippen LogP contribution >= 0.6 is 0 Å². The largest absolute Gasteiger partial charge is 0.497 e. The molecule has 4 nitrogen and oxygen atoms in total. The maximum absolute atomic E-state index is 12.2. The Morgan fingerprint density at radius 3 is 2.36 bits per heavy atom. The molecule has 1 N–H and O–H groups in total. The molecule has 1 unspecified atom stereocenters. The number of amides is 1. The molecule has 1 amide bonds. The molecule has 0 saturated carbocycles. The summed E-state index contributed by atoms with van der Waals surface area (Å²) in [4.78, 5) is 12.2. The highest BCUT2D eigenvalue weighted by molar-refractivity contribution is 5.80. The van der Waals surface area contributed by atoms with Crippen molar-refractivity contribution in [1.29, 1.82) is 0 Å². The van der Waals surface area contributed by atoms with Crippen molar-refractivity contribution in [3.63, 3.8) is 0 Å². The monoisotopic (exact) mass is 341 g/mol. The summed E-state index contributed by atoms with van der Waals surface area (Å²) in [5.74, 6) is 1.31. The zero-order valence-electron chi connectivity index (χ0n) is 15.6. The van der Waals surface area contributed by atoms with Gasteiger partial charge in [-0.2, -0.15) is 0 Å². The van der Waals surface area contributed by atoms with Crippen LogP contribution in [0.1, 0.15) is 38.8 Å². The predicted molar refractivity (Wildman–Crippen MR) is 100 cm³/mol. The van der Waals surface area contributed by atoms with Gasteiger partial charge in [0.25, 0.3) is 5.91 Å².